The minimum Gasteiger partial charge on any atom is -0.0850 e. The van der Waals surface area contributed by atoms with Gasteiger partial charge in [-0.05, 0) is 80.2 Å². The van der Waals surface area contributed by atoms with E-state index in [-0.39, 0.29) is 0 Å². The Bertz CT molecular complexity index is 585. The van der Waals surface area contributed by atoms with Crippen LogP contribution < -0.4 is 0 Å². The van der Waals surface area contributed by atoms with Crippen LogP contribution in [0.4, 0.5) is 0 Å². The van der Waals surface area contributed by atoms with Gasteiger partial charge in [0.25, 0.3) is 0 Å². The van der Waals surface area contributed by atoms with Gasteiger partial charge in [0.05, 0.1) is 0 Å². The molecular formula is C29H46. The van der Waals surface area contributed by atoms with E-state index in [1.54, 1.807) is 5.57 Å². The number of unbranched alkanes of at least 4 members (excludes halogenated alkanes) is 2. The van der Waals surface area contributed by atoms with Crippen molar-refractivity contribution < 1.29 is 0 Å². The molecule has 2 aliphatic rings. The van der Waals surface area contributed by atoms with Gasteiger partial charge in [0.1, 0.15) is 0 Å². The van der Waals surface area contributed by atoms with Gasteiger partial charge in [-0.3, -0.25) is 0 Å². The molecule has 0 nitrogen and oxygen atoms in total. The highest BCUT2D eigenvalue weighted by Crippen LogP contribution is 2.36. The van der Waals surface area contributed by atoms with Crippen molar-refractivity contribution >= 4 is 0 Å². The summed E-state index contributed by atoms with van der Waals surface area (Å²) in [6.45, 7) is 4.66. The van der Waals surface area contributed by atoms with Crippen molar-refractivity contribution in [2.45, 2.75) is 117 Å². The summed E-state index contributed by atoms with van der Waals surface area (Å²) in [5, 5.41) is 0. The van der Waals surface area contributed by atoms with E-state index >= 15 is 0 Å². The van der Waals surface area contributed by atoms with Crippen LogP contribution in [0.1, 0.15) is 115 Å². The molecule has 1 aromatic carbocycles. The molecule has 0 spiro atoms. The summed E-state index contributed by atoms with van der Waals surface area (Å²) in [6, 6.07) is 9.48. The van der Waals surface area contributed by atoms with E-state index in [1.165, 1.54) is 114 Å². The maximum Gasteiger partial charge on any atom is -0.0241 e. The summed E-state index contributed by atoms with van der Waals surface area (Å²) in [5.41, 5.74) is 4.77. The summed E-state index contributed by atoms with van der Waals surface area (Å²) in [7, 11) is 0. The molecule has 1 atom stereocenters. The van der Waals surface area contributed by atoms with Crippen LogP contribution >= 0.6 is 0 Å². The maximum absolute atomic E-state index is 2.61. The smallest absolute Gasteiger partial charge is 0.0241 e. The Balaban J connectivity index is 1.31. The molecule has 1 unspecified atom stereocenters. The largest absolute Gasteiger partial charge is 0.0850 e. The van der Waals surface area contributed by atoms with E-state index in [4.69, 9.17) is 0 Å². The molecular weight excluding hydrogens is 348 g/mol. The molecule has 0 heteroatoms. The lowest BCUT2D eigenvalue weighted by atomic mass is 9.76. The van der Waals surface area contributed by atoms with Gasteiger partial charge in [-0.15, -0.1) is 0 Å². The van der Waals surface area contributed by atoms with Crippen LogP contribution in [0, 0.1) is 17.8 Å². The summed E-state index contributed by atoms with van der Waals surface area (Å²) >= 11 is 0. The number of allylic oxidation sites excluding steroid dienone is 2. The number of hydrogen-bond donors (Lipinski definition) is 0. The van der Waals surface area contributed by atoms with Gasteiger partial charge in [-0.25, -0.2) is 0 Å². The van der Waals surface area contributed by atoms with Crippen LogP contribution in [0.3, 0.4) is 0 Å². The molecule has 29 heavy (non-hydrogen) atoms. The highest BCUT2D eigenvalue weighted by atomic mass is 14.3. The standard InChI is InChI=1S/C29H46/c1-3-5-6-7-25-12-14-27(15-13-25)18-19-29-22-20-28(21-23-29)17-16-26-10-8-24(4-2)9-11-26/h12-15,22,24,26,28H,3-11,16-21,23H2,1-2H3/t24-,26-,28?. The molecule has 2 aliphatic carbocycles. The van der Waals surface area contributed by atoms with Crippen LogP contribution in [0.15, 0.2) is 35.9 Å². The predicted octanol–water partition coefficient (Wildman–Crippen LogP) is 9.08. The van der Waals surface area contributed by atoms with Crippen molar-refractivity contribution in [3.63, 3.8) is 0 Å². The second-order valence-corrected chi connectivity index (χ2v) is 10.1. The molecule has 0 amide bonds. The van der Waals surface area contributed by atoms with E-state index in [1.807, 2.05) is 0 Å². The van der Waals surface area contributed by atoms with Crippen LogP contribution in [-0.2, 0) is 12.8 Å². The van der Waals surface area contributed by atoms with E-state index in [2.05, 4.69) is 44.2 Å². The normalized spacial score (nSPS) is 25.0. The number of aryl methyl sites for hydroxylation is 2. The van der Waals surface area contributed by atoms with Gasteiger partial charge in [0.2, 0.25) is 0 Å². The Morgan fingerprint density at radius 3 is 1.97 bits per heavy atom. The molecule has 0 bridgehead atoms. The minimum absolute atomic E-state index is 0.977. The first-order valence-electron chi connectivity index (χ1n) is 13.0. The maximum atomic E-state index is 2.61. The molecule has 0 radical (unpaired) electrons. The van der Waals surface area contributed by atoms with Gasteiger partial charge in [0, 0.05) is 0 Å². The van der Waals surface area contributed by atoms with Crippen molar-refractivity contribution in [3.05, 3.63) is 47.0 Å². The Morgan fingerprint density at radius 2 is 1.34 bits per heavy atom. The summed E-state index contributed by atoms with van der Waals surface area (Å²) in [4.78, 5) is 0. The SMILES string of the molecule is CCCCCc1ccc(CCC2=CCC(CC[C@H]3CC[C@H](CC)CC3)CC2)cc1. The van der Waals surface area contributed by atoms with E-state index in [0.717, 1.165) is 17.8 Å². The first-order valence-corrected chi connectivity index (χ1v) is 13.0. The highest BCUT2D eigenvalue weighted by Gasteiger charge is 2.21. The quantitative estimate of drug-likeness (QED) is 0.259. The number of rotatable bonds is 11. The van der Waals surface area contributed by atoms with Gasteiger partial charge >= 0.3 is 0 Å². The van der Waals surface area contributed by atoms with Crippen molar-refractivity contribution in [2.75, 3.05) is 0 Å². The lowest BCUT2D eigenvalue weighted by molar-refractivity contribution is 0.241. The Labute approximate surface area is 181 Å². The molecule has 1 saturated carbocycles. The zero-order valence-electron chi connectivity index (χ0n) is 19.4. The zero-order chi connectivity index (χ0) is 20.3. The topological polar surface area (TPSA) is 0 Å². The fraction of sp³-hybridized carbons (Fsp3) is 0.724. The molecule has 162 valence electrons. The van der Waals surface area contributed by atoms with Crippen molar-refractivity contribution in [2.24, 2.45) is 17.8 Å². The van der Waals surface area contributed by atoms with Crippen LogP contribution in [0.2, 0.25) is 0 Å². The highest BCUT2D eigenvalue weighted by molar-refractivity contribution is 5.23. The zero-order valence-corrected chi connectivity index (χ0v) is 19.4. The second-order valence-electron chi connectivity index (χ2n) is 10.1. The average Bonchev–Trinajstić information content (AvgIpc) is 2.78. The van der Waals surface area contributed by atoms with Crippen molar-refractivity contribution in [1.82, 2.24) is 0 Å². The van der Waals surface area contributed by atoms with Gasteiger partial charge in [-0.2, -0.15) is 0 Å². The molecule has 0 heterocycles. The second kappa shape index (κ2) is 12.6. The first-order chi connectivity index (χ1) is 14.3. The molecule has 1 fully saturated rings. The molecule has 0 aliphatic heterocycles. The predicted molar refractivity (Wildman–Crippen MR) is 128 cm³/mol. The molecule has 0 aromatic heterocycles. The van der Waals surface area contributed by atoms with E-state index in [9.17, 15) is 0 Å². The molecule has 3 rings (SSSR count). The van der Waals surface area contributed by atoms with Crippen molar-refractivity contribution in [3.8, 4) is 0 Å². The Hall–Kier alpha value is -1.04. The molecule has 0 N–H and O–H groups in total. The number of hydrogen-bond acceptors (Lipinski definition) is 0. The monoisotopic (exact) mass is 394 g/mol. The van der Waals surface area contributed by atoms with Crippen LogP contribution in [0.25, 0.3) is 0 Å². The molecule has 1 aromatic rings. The fourth-order valence-electron chi connectivity index (χ4n) is 5.59. The first kappa shape index (κ1) is 22.6. The van der Waals surface area contributed by atoms with Crippen LogP contribution in [0.5, 0.6) is 0 Å². The Morgan fingerprint density at radius 1 is 0.690 bits per heavy atom. The van der Waals surface area contributed by atoms with Gasteiger partial charge < -0.3 is 0 Å². The third kappa shape index (κ3) is 7.95. The van der Waals surface area contributed by atoms with E-state index in [0.29, 0.717) is 0 Å². The fourth-order valence-corrected chi connectivity index (χ4v) is 5.59. The Kier molecular flexibility index (Phi) is 9.84. The van der Waals surface area contributed by atoms with E-state index < -0.39 is 0 Å². The van der Waals surface area contributed by atoms with Crippen LogP contribution in [-0.4, -0.2) is 0 Å². The third-order valence-electron chi connectivity index (χ3n) is 7.97. The number of benzene rings is 1. The minimum atomic E-state index is 0.977. The summed E-state index contributed by atoms with van der Waals surface area (Å²) < 4.78 is 0. The molecule has 0 saturated heterocycles. The third-order valence-corrected chi connectivity index (χ3v) is 7.97. The van der Waals surface area contributed by atoms with Crippen molar-refractivity contribution in [1.29, 1.82) is 0 Å². The summed E-state index contributed by atoms with van der Waals surface area (Å²) in [5.74, 6) is 3.07. The lowest BCUT2D eigenvalue weighted by Crippen LogP contribution is -2.15. The average molecular weight is 395 g/mol. The lowest BCUT2D eigenvalue weighted by Gasteiger charge is -2.29. The van der Waals surface area contributed by atoms with Gasteiger partial charge in [-0.1, -0.05) is 101 Å². The summed E-state index contributed by atoms with van der Waals surface area (Å²) in [6.07, 6.45) is 25.0. The van der Waals surface area contributed by atoms with Gasteiger partial charge in [0.15, 0.2) is 0 Å².